The predicted molar refractivity (Wildman–Crippen MR) is 111 cm³/mol. The summed E-state index contributed by atoms with van der Waals surface area (Å²) < 4.78 is 61.2. The first kappa shape index (κ1) is 22.5. The second-order valence-corrected chi connectivity index (χ2v) is 9.61. The third kappa shape index (κ3) is 5.31. The molecule has 0 bridgehead atoms. The monoisotopic (exact) mass is 445 g/mol. The fraction of sp³-hybridized carbons (Fsp3) is 0.579. The average Bonchev–Trinajstić information content (AvgIpc) is 2.70. The van der Waals surface area contributed by atoms with Crippen LogP contribution >= 0.6 is 0 Å². The summed E-state index contributed by atoms with van der Waals surface area (Å²) in [5, 5.41) is 4.25. The van der Waals surface area contributed by atoms with E-state index in [9.17, 15) is 21.6 Å². The maximum absolute atomic E-state index is 12.4. The van der Waals surface area contributed by atoms with Gasteiger partial charge in [-0.3, -0.25) is 0 Å². The second kappa shape index (κ2) is 8.93. The van der Waals surface area contributed by atoms with E-state index in [1.807, 2.05) is 43.3 Å². The fourth-order valence-corrected chi connectivity index (χ4v) is 4.28. The SMILES string of the molecule is CN(C)c1nc(NCC2CCC(CNS(=O)(=O)C(F)(F)F)CC2)nc2ccccc12. The molecule has 0 radical (unpaired) electrons. The maximum atomic E-state index is 12.4. The van der Waals surface area contributed by atoms with Crippen LogP contribution in [-0.4, -0.2) is 51.1 Å². The van der Waals surface area contributed by atoms with Crippen LogP contribution in [0.5, 0.6) is 0 Å². The summed E-state index contributed by atoms with van der Waals surface area (Å²) in [5.74, 6) is 1.61. The highest BCUT2D eigenvalue weighted by Gasteiger charge is 2.45. The van der Waals surface area contributed by atoms with Crippen LogP contribution in [0.3, 0.4) is 0 Å². The van der Waals surface area contributed by atoms with E-state index in [0.717, 1.165) is 29.6 Å². The van der Waals surface area contributed by atoms with Gasteiger partial charge < -0.3 is 10.2 Å². The van der Waals surface area contributed by atoms with Crippen LogP contribution < -0.4 is 14.9 Å². The van der Waals surface area contributed by atoms with Gasteiger partial charge in [-0.25, -0.2) is 18.1 Å². The van der Waals surface area contributed by atoms with Crippen molar-refractivity contribution in [1.82, 2.24) is 14.7 Å². The van der Waals surface area contributed by atoms with Gasteiger partial charge in [0.15, 0.2) is 0 Å². The Bertz CT molecular complexity index is 974. The molecule has 166 valence electrons. The van der Waals surface area contributed by atoms with E-state index in [-0.39, 0.29) is 12.5 Å². The Labute approximate surface area is 174 Å². The Morgan fingerprint density at radius 2 is 1.63 bits per heavy atom. The molecule has 1 heterocycles. The topological polar surface area (TPSA) is 87.2 Å². The Morgan fingerprint density at radius 3 is 2.23 bits per heavy atom. The quantitative estimate of drug-likeness (QED) is 0.680. The Morgan fingerprint density at radius 1 is 1.03 bits per heavy atom. The largest absolute Gasteiger partial charge is 0.511 e. The Kier molecular flexibility index (Phi) is 6.71. The minimum absolute atomic E-state index is 0.0874. The van der Waals surface area contributed by atoms with Crippen LogP contribution in [0, 0.1) is 11.8 Å². The molecule has 30 heavy (non-hydrogen) atoms. The average molecular weight is 446 g/mol. The van der Waals surface area contributed by atoms with Gasteiger partial charge in [0.2, 0.25) is 5.95 Å². The van der Waals surface area contributed by atoms with Crippen LogP contribution in [0.2, 0.25) is 0 Å². The van der Waals surface area contributed by atoms with Gasteiger partial charge in [0.1, 0.15) is 5.82 Å². The molecule has 0 unspecified atom stereocenters. The van der Waals surface area contributed by atoms with Crippen LogP contribution in [0.15, 0.2) is 24.3 Å². The number of alkyl halides is 3. The van der Waals surface area contributed by atoms with Gasteiger partial charge in [-0.05, 0) is 49.7 Å². The number of para-hydroxylation sites is 1. The van der Waals surface area contributed by atoms with Crippen molar-refractivity contribution in [2.45, 2.75) is 31.2 Å². The number of hydrogen-bond donors (Lipinski definition) is 2. The molecule has 1 aromatic heterocycles. The fourth-order valence-electron chi connectivity index (χ4n) is 3.66. The van der Waals surface area contributed by atoms with Gasteiger partial charge in [0, 0.05) is 32.6 Å². The summed E-state index contributed by atoms with van der Waals surface area (Å²) in [6.07, 6.45) is 2.96. The van der Waals surface area contributed by atoms with Crippen LogP contribution in [0.4, 0.5) is 24.9 Å². The molecule has 0 saturated heterocycles. The third-order valence-corrected chi connectivity index (χ3v) is 6.54. The molecule has 2 aromatic rings. The molecule has 1 aromatic carbocycles. The first-order chi connectivity index (χ1) is 14.1. The zero-order chi connectivity index (χ0) is 21.9. The lowest BCUT2D eigenvalue weighted by atomic mass is 9.82. The number of aromatic nitrogens is 2. The molecule has 0 aliphatic heterocycles. The van der Waals surface area contributed by atoms with E-state index in [1.165, 1.54) is 0 Å². The molecule has 0 spiro atoms. The number of sulfonamides is 1. The first-order valence-corrected chi connectivity index (χ1v) is 11.3. The summed E-state index contributed by atoms with van der Waals surface area (Å²) in [5.41, 5.74) is -4.42. The molecule has 2 N–H and O–H groups in total. The molecule has 3 rings (SSSR count). The summed E-state index contributed by atoms with van der Waals surface area (Å²) in [6.45, 7) is 0.480. The van der Waals surface area contributed by atoms with E-state index < -0.39 is 15.5 Å². The van der Waals surface area contributed by atoms with Gasteiger partial charge in [0.05, 0.1) is 5.52 Å². The summed E-state index contributed by atoms with van der Waals surface area (Å²) >= 11 is 0. The van der Waals surface area contributed by atoms with Crippen molar-refractivity contribution >= 4 is 32.7 Å². The number of hydrogen-bond acceptors (Lipinski definition) is 6. The summed E-state index contributed by atoms with van der Waals surface area (Å²) in [4.78, 5) is 11.1. The number of halogens is 3. The van der Waals surface area contributed by atoms with Crippen LogP contribution in [-0.2, 0) is 10.0 Å². The maximum Gasteiger partial charge on any atom is 0.511 e. The molecular formula is C19H26F3N5O2S. The molecule has 11 heteroatoms. The standard InChI is InChI=1S/C19H26F3N5O2S/c1-27(2)17-15-5-3-4-6-16(15)25-18(26-17)23-11-13-7-9-14(10-8-13)12-24-30(28,29)19(20,21)22/h3-6,13-14,24H,7-12H2,1-2H3,(H,23,25,26). The van der Waals surface area contributed by atoms with Gasteiger partial charge in [-0.2, -0.15) is 18.2 Å². The van der Waals surface area contributed by atoms with Gasteiger partial charge >= 0.3 is 15.5 Å². The lowest BCUT2D eigenvalue weighted by Crippen LogP contribution is -2.39. The van der Waals surface area contributed by atoms with Crippen molar-refractivity contribution in [1.29, 1.82) is 0 Å². The minimum atomic E-state index is -5.27. The molecule has 0 atom stereocenters. The van der Waals surface area contributed by atoms with Crippen molar-refractivity contribution < 1.29 is 21.6 Å². The zero-order valence-corrected chi connectivity index (χ0v) is 17.7. The van der Waals surface area contributed by atoms with E-state index in [2.05, 4.69) is 15.3 Å². The van der Waals surface area contributed by atoms with Crippen molar-refractivity contribution in [3.05, 3.63) is 24.3 Å². The third-order valence-electron chi connectivity index (χ3n) is 5.39. The van der Waals surface area contributed by atoms with Crippen molar-refractivity contribution in [2.75, 3.05) is 37.4 Å². The highest BCUT2D eigenvalue weighted by atomic mass is 32.2. The molecule has 1 aliphatic rings. The lowest BCUT2D eigenvalue weighted by molar-refractivity contribution is -0.0449. The molecular weight excluding hydrogens is 419 g/mol. The number of rotatable bonds is 7. The van der Waals surface area contributed by atoms with Gasteiger partial charge in [0.25, 0.3) is 0 Å². The minimum Gasteiger partial charge on any atom is -0.362 e. The highest BCUT2D eigenvalue weighted by molar-refractivity contribution is 7.90. The van der Waals surface area contributed by atoms with E-state index in [4.69, 9.17) is 0 Å². The second-order valence-electron chi connectivity index (χ2n) is 7.85. The Balaban J connectivity index is 1.53. The smallest absolute Gasteiger partial charge is 0.362 e. The van der Waals surface area contributed by atoms with Crippen molar-refractivity contribution in [3.8, 4) is 0 Å². The summed E-state index contributed by atoms with van der Waals surface area (Å²) in [6, 6.07) is 7.77. The Hall–Kier alpha value is -2.14. The van der Waals surface area contributed by atoms with E-state index in [1.54, 1.807) is 4.72 Å². The molecule has 7 nitrogen and oxygen atoms in total. The molecule has 1 aliphatic carbocycles. The van der Waals surface area contributed by atoms with Crippen molar-refractivity contribution in [3.63, 3.8) is 0 Å². The molecule has 1 saturated carbocycles. The summed E-state index contributed by atoms with van der Waals surface area (Å²) in [7, 11) is -1.42. The van der Waals surface area contributed by atoms with E-state index in [0.29, 0.717) is 31.3 Å². The normalized spacial score (nSPS) is 20.3. The molecule has 0 amide bonds. The first-order valence-electron chi connectivity index (χ1n) is 9.80. The zero-order valence-electron chi connectivity index (χ0n) is 16.9. The van der Waals surface area contributed by atoms with Crippen molar-refractivity contribution in [2.24, 2.45) is 11.8 Å². The number of benzene rings is 1. The molecule has 1 fully saturated rings. The van der Waals surface area contributed by atoms with E-state index >= 15 is 0 Å². The number of nitrogens with zero attached hydrogens (tertiary/aromatic N) is 3. The van der Waals surface area contributed by atoms with Crippen LogP contribution in [0.1, 0.15) is 25.7 Å². The van der Waals surface area contributed by atoms with Gasteiger partial charge in [-0.1, -0.05) is 12.1 Å². The predicted octanol–water partition coefficient (Wildman–Crippen LogP) is 3.35. The number of fused-ring (bicyclic) bond motifs is 1. The highest BCUT2D eigenvalue weighted by Crippen LogP contribution is 2.30. The lowest BCUT2D eigenvalue weighted by Gasteiger charge is -2.29. The number of anilines is 2. The number of nitrogens with one attached hydrogen (secondary N) is 2. The van der Waals surface area contributed by atoms with Gasteiger partial charge in [-0.15, -0.1) is 0 Å². The van der Waals surface area contributed by atoms with Crippen LogP contribution in [0.25, 0.3) is 10.9 Å².